The Bertz CT molecular complexity index is 631. The molecular formula is C13H14BrClN2O2. The average molecular weight is 346 g/mol. The number of ether oxygens (including phenoxy) is 1. The third-order valence-electron chi connectivity index (χ3n) is 2.34. The second kappa shape index (κ2) is 5.13. The van der Waals surface area contributed by atoms with Crippen molar-refractivity contribution in [3.63, 3.8) is 0 Å². The Morgan fingerprint density at radius 2 is 2.16 bits per heavy atom. The molecule has 0 saturated heterocycles. The molecular weight excluding hydrogens is 332 g/mol. The van der Waals surface area contributed by atoms with E-state index in [1.165, 1.54) is 4.68 Å². The molecule has 0 saturated carbocycles. The minimum absolute atomic E-state index is 0.0693. The summed E-state index contributed by atoms with van der Waals surface area (Å²) in [5, 5.41) is 5.69. The predicted octanol–water partition coefficient (Wildman–Crippen LogP) is 3.79. The van der Waals surface area contributed by atoms with Crippen LogP contribution in [0.5, 0.6) is 0 Å². The summed E-state index contributed by atoms with van der Waals surface area (Å²) >= 11 is 9.52. The maximum Gasteiger partial charge on any atom is 0.328 e. The summed E-state index contributed by atoms with van der Waals surface area (Å²) in [4.78, 5) is 11.7. The second-order valence-electron chi connectivity index (χ2n) is 5.21. The summed E-state index contributed by atoms with van der Waals surface area (Å²) in [7, 11) is 0. The number of nitrogens with zero attached hydrogens (tertiary/aromatic N) is 2. The maximum atomic E-state index is 11.7. The van der Waals surface area contributed by atoms with Crippen LogP contribution in [0, 0.1) is 0 Å². The number of esters is 1. The SMILES string of the molecule is CC(C)(C)OC(=O)Cn1cc2c(Cl)c(Br)ccc2n1. The van der Waals surface area contributed by atoms with E-state index in [1.807, 2.05) is 32.9 Å². The Labute approximate surface area is 124 Å². The summed E-state index contributed by atoms with van der Waals surface area (Å²) in [5.41, 5.74) is 0.251. The maximum absolute atomic E-state index is 11.7. The van der Waals surface area contributed by atoms with Gasteiger partial charge in [0.25, 0.3) is 0 Å². The highest BCUT2D eigenvalue weighted by molar-refractivity contribution is 9.10. The van der Waals surface area contributed by atoms with Crippen LogP contribution in [0.4, 0.5) is 0 Å². The van der Waals surface area contributed by atoms with Crippen LogP contribution >= 0.6 is 27.5 Å². The van der Waals surface area contributed by atoms with Crippen molar-refractivity contribution in [1.82, 2.24) is 9.78 Å². The Morgan fingerprint density at radius 1 is 1.47 bits per heavy atom. The summed E-state index contributed by atoms with van der Waals surface area (Å²) in [6, 6.07) is 3.67. The molecule has 0 aliphatic heterocycles. The smallest absolute Gasteiger partial charge is 0.328 e. The van der Waals surface area contributed by atoms with E-state index >= 15 is 0 Å². The Hall–Kier alpha value is -1.07. The van der Waals surface area contributed by atoms with Crippen LogP contribution in [0.1, 0.15) is 20.8 Å². The van der Waals surface area contributed by atoms with Crippen LogP contribution in [0.2, 0.25) is 5.02 Å². The molecule has 0 radical (unpaired) electrons. The van der Waals surface area contributed by atoms with Gasteiger partial charge in [0.1, 0.15) is 12.1 Å². The lowest BCUT2D eigenvalue weighted by Gasteiger charge is -2.19. The molecule has 6 heteroatoms. The lowest BCUT2D eigenvalue weighted by atomic mass is 10.2. The number of carbonyl (C=O) groups excluding carboxylic acids is 1. The molecule has 0 fully saturated rings. The molecule has 19 heavy (non-hydrogen) atoms. The second-order valence-corrected chi connectivity index (χ2v) is 6.44. The van der Waals surface area contributed by atoms with Gasteiger partial charge in [-0.2, -0.15) is 5.10 Å². The molecule has 0 bridgehead atoms. The van der Waals surface area contributed by atoms with E-state index in [9.17, 15) is 4.79 Å². The molecule has 0 aliphatic carbocycles. The van der Waals surface area contributed by atoms with Crippen molar-refractivity contribution in [2.24, 2.45) is 0 Å². The minimum Gasteiger partial charge on any atom is -0.459 e. The highest BCUT2D eigenvalue weighted by Gasteiger charge is 2.17. The first kappa shape index (κ1) is 14.3. The fourth-order valence-electron chi connectivity index (χ4n) is 1.67. The van der Waals surface area contributed by atoms with Crippen LogP contribution in [0.25, 0.3) is 10.9 Å². The summed E-state index contributed by atoms with van der Waals surface area (Å²) in [6.07, 6.45) is 1.74. The third-order valence-corrected chi connectivity index (χ3v) is 3.63. The van der Waals surface area contributed by atoms with Gasteiger partial charge in [0.2, 0.25) is 0 Å². The molecule has 102 valence electrons. The van der Waals surface area contributed by atoms with Gasteiger partial charge in [0, 0.05) is 16.1 Å². The molecule has 0 spiro atoms. The molecule has 0 atom stereocenters. The zero-order chi connectivity index (χ0) is 14.2. The molecule has 0 unspecified atom stereocenters. The first-order valence-electron chi connectivity index (χ1n) is 5.79. The molecule has 1 aromatic carbocycles. The van der Waals surface area contributed by atoms with Gasteiger partial charge >= 0.3 is 5.97 Å². The minimum atomic E-state index is -0.496. The van der Waals surface area contributed by atoms with Gasteiger partial charge < -0.3 is 4.74 Å². The summed E-state index contributed by atoms with van der Waals surface area (Å²) in [5.74, 6) is -0.324. The van der Waals surface area contributed by atoms with E-state index < -0.39 is 5.60 Å². The number of aromatic nitrogens is 2. The Kier molecular flexibility index (Phi) is 3.87. The molecule has 0 N–H and O–H groups in total. The van der Waals surface area contributed by atoms with Crippen LogP contribution in [-0.2, 0) is 16.1 Å². The molecule has 1 heterocycles. The topological polar surface area (TPSA) is 44.1 Å². The van der Waals surface area contributed by atoms with Gasteiger partial charge in [0.15, 0.2) is 0 Å². The van der Waals surface area contributed by atoms with Crippen molar-refractivity contribution in [3.8, 4) is 0 Å². The molecule has 1 aromatic heterocycles. The van der Waals surface area contributed by atoms with E-state index in [0.29, 0.717) is 5.02 Å². The van der Waals surface area contributed by atoms with E-state index in [-0.39, 0.29) is 12.5 Å². The highest BCUT2D eigenvalue weighted by atomic mass is 79.9. The van der Waals surface area contributed by atoms with Gasteiger partial charge in [-0.1, -0.05) is 11.6 Å². The first-order valence-corrected chi connectivity index (χ1v) is 6.96. The van der Waals surface area contributed by atoms with Crippen molar-refractivity contribution < 1.29 is 9.53 Å². The molecule has 4 nitrogen and oxygen atoms in total. The number of hydrogen-bond donors (Lipinski definition) is 0. The molecule has 0 amide bonds. The largest absolute Gasteiger partial charge is 0.459 e. The fraction of sp³-hybridized carbons (Fsp3) is 0.385. The van der Waals surface area contributed by atoms with Gasteiger partial charge in [0.05, 0.1) is 10.5 Å². The zero-order valence-corrected chi connectivity index (χ0v) is 13.2. The number of halogens is 2. The van der Waals surface area contributed by atoms with E-state index in [0.717, 1.165) is 15.4 Å². The fourth-order valence-corrected chi connectivity index (χ4v) is 2.22. The van der Waals surface area contributed by atoms with E-state index in [2.05, 4.69) is 21.0 Å². The van der Waals surface area contributed by atoms with Crippen molar-refractivity contribution in [1.29, 1.82) is 0 Å². The monoisotopic (exact) mass is 344 g/mol. The number of fused-ring (bicyclic) bond motifs is 1. The number of rotatable bonds is 2. The lowest BCUT2D eigenvalue weighted by molar-refractivity contribution is -0.155. The highest BCUT2D eigenvalue weighted by Crippen LogP contribution is 2.30. The van der Waals surface area contributed by atoms with Gasteiger partial charge in [-0.05, 0) is 48.8 Å². The van der Waals surface area contributed by atoms with Crippen molar-refractivity contribution in [2.45, 2.75) is 32.9 Å². The van der Waals surface area contributed by atoms with Crippen molar-refractivity contribution in [3.05, 3.63) is 27.8 Å². The van der Waals surface area contributed by atoms with Crippen molar-refractivity contribution >= 4 is 44.4 Å². The van der Waals surface area contributed by atoms with Crippen LogP contribution < -0.4 is 0 Å². The van der Waals surface area contributed by atoms with Crippen molar-refractivity contribution in [2.75, 3.05) is 0 Å². The predicted molar refractivity (Wildman–Crippen MR) is 78.3 cm³/mol. The standard InChI is InChI=1S/C13H14BrClN2O2/c1-13(2,3)19-11(18)7-17-6-8-10(16-17)5-4-9(14)12(8)15/h4-6H,7H2,1-3H3. The third kappa shape index (κ3) is 3.48. The van der Waals surface area contributed by atoms with E-state index in [1.54, 1.807) is 6.20 Å². The molecule has 0 aliphatic rings. The lowest BCUT2D eigenvalue weighted by Crippen LogP contribution is -2.26. The van der Waals surface area contributed by atoms with Crippen LogP contribution in [0.3, 0.4) is 0 Å². The normalized spacial score (nSPS) is 11.8. The Morgan fingerprint density at radius 3 is 2.79 bits per heavy atom. The van der Waals surface area contributed by atoms with Crippen LogP contribution in [0.15, 0.2) is 22.8 Å². The number of hydrogen-bond acceptors (Lipinski definition) is 3. The summed E-state index contributed by atoms with van der Waals surface area (Å²) < 4.78 is 7.59. The number of benzene rings is 1. The van der Waals surface area contributed by atoms with Crippen LogP contribution in [-0.4, -0.2) is 21.4 Å². The molecule has 2 rings (SSSR count). The van der Waals surface area contributed by atoms with Gasteiger partial charge in [-0.25, -0.2) is 0 Å². The summed E-state index contributed by atoms with van der Waals surface area (Å²) in [6.45, 7) is 5.56. The van der Waals surface area contributed by atoms with E-state index in [4.69, 9.17) is 16.3 Å². The first-order chi connectivity index (χ1) is 8.76. The number of carbonyl (C=O) groups is 1. The zero-order valence-electron chi connectivity index (χ0n) is 10.9. The van der Waals surface area contributed by atoms with Gasteiger partial charge in [-0.15, -0.1) is 0 Å². The molecule has 2 aromatic rings. The quantitative estimate of drug-likeness (QED) is 0.778. The average Bonchev–Trinajstić information content (AvgIpc) is 2.64. The Balaban J connectivity index is 2.23. The van der Waals surface area contributed by atoms with Gasteiger partial charge in [-0.3, -0.25) is 9.48 Å².